The zero-order chi connectivity index (χ0) is 9.42. The highest BCUT2D eigenvalue weighted by Crippen LogP contribution is 2.58. The number of ether oxygens (including phenoxy) is 1. The topological polar surface area (TPSA) is 29.5 Å². The molecule has 0 spiro atoms. The minimum atomic E-state index is -0.197. The van der Waals surface area contributed by atoms with Crippen LogP contribution in [0.15, 0.2) is 0 Å². The van der Waals surface area contributed by atoms with Crippen molar-refractivity contribution >= 4 is 0 Å². The lowest BCUT2D eigenvalue weighted by Crippen LogP contribution is -2.22. The molecule has 0 saturated heterocycles. The van der Waals surface area contributed by atoms with E-state index >= 15 is 0 Å². The lowest BCUT2D eigenvalue weighted by atomic mass is 10.1. The first-order chi connectivity index (χ1) is 6.20. The molecule has 0 amide bonds. The van der Waals surface area contributed by atoms with Crippen molar-refractivity contribution in [1.82, 2.24) is 0 Å². The Kier molecular flexibility index (Phi) is 2.61. The summed E-state index contributed by atoms with van der Waals surface area (Å²) < 4.78 is 5.42. The average Bonchev–Trinajstić information content (AvgIpc) is 2.56. The van der Waals surface area contributed by atoms with Gasteiger partial charge in [-0.15, -0.1) is 0 Å². The standard InChI is InChI=1S/C11H20O2/c1-7(2)13-6-10(12)11-8-4-3-5-9(8)11/h7-12H,3-6H2,1-2H3. The second-order valence-corrected chi connectivity index (χ2v) is 4.79. The molecule has 0 aromatic rings. The molecule has 0 bridgehead atoms. The van der Waals surface area contributed by atoms with Gasteiger partial charge in [-0.2, -0.15) is 0 Å². The molecule has 0 aliphatic heterocycles. The fourth-order valence-electron chi connectivity index (χ4n) is 2.85. The zero-order valence-corrected chi connectivity index (χ0v) is 8.57. The third-order valence-electron chi connectivity index (χ3n) is 3.52. The van der Waals surface area contributed by atoms with Crippen molar-refractivity contribution in [3.8, 4) is 0 Å². The average molecular weight is 184 g/mol. The first-order valence-electron chi connectivity index (χ1n) is 5.50. The van der Waals surface area contributed by atoms with Gasteiger partial charge >= 0.3 is 0 Å². The van der Waals surface area contributed by atoms with Crippen molar-refractivity contribution in [2.75, 3.05) is 6.61 Å². The maximum absolute atomic E-state index is 9.82. The van der Waals surface area contributed by atoms with Crippen molar-refractivity contribution in [1.29, 1.82) is 0 Å². The van der Waals surface area contributed by atoms with Crippen LogP contribution < -0.4 is 0 Å². The summed E-state index contributed by atoms with van der Waals surface area (Å²) in [5.41, 5.74) is 0. The summed E-state index contributed by atoms with van der Waals surface area (Å²) in [4.78, 5) is 0. The highest BCUT2D eigenvalue weighted by atomic mass is 16.5. The smallest absolute Gasteiger partial charge is 0.0807 e. The Morgan fingerprint density at radius 1 is 1.31 bits per heavy atom. The molecule has 0 aromatic carbocycles. The number of fused-ring (bicyclic) bond motifs is 1. The largest absolute Gasteiger partial charge is 0.390 e. The van der Waals surface area contributed by atoms with Crippen molar-refractivity contribution in [3.05, 3.63) is 0 Å². The molecule has 2 aliphatic rings. The Hall–Kier alpha value is -0.0800. The normalized spacial score (nSPS) is 39.2. The predicted octanol–water partition coefficient (Wildman–Crippen LogP) is 1.82. The summed E-state index contributed by atoms with van der Waals surface area (Å²) in [6, 6.07) is 0. The maximum Gasteiger partial charge on any atom is 0.0807 e. The number of hydrogen-bond donors (Lipinski definition) is 1. The summed E-state index contributed by atoms with van der Waals surface area (Å²) in [7, 11) is 0. The Morgan fingerprint density at radius 3 is 2.46 bits per heavy atom. The molecule has 2 saturated carbocycles. The van der Waals surface area contributed by atoms with Gasteiger partial charge in [0.1, 0.15) is 0 Å². The highest BCUT2D eigenvalue weighted by Gasteiger charge is 2.55. The van der Waals surface area contributed by atoms with Crippen LogP contribution in [0.4, 0.5) is 0 Å². The summed E-state index contributed by atoms with van der Waals surface area (Å²) >= 11 is 0. The SMILES string of the molecule is CC(C)OCC(O)C1C2CCCC21. The van der Waals surface area contributed by atoms with Gasteiger partial charge in [0.25, 0.3) is 0 Å². The van der Waals surface area contributed by atoms with Crippen LogP contribution in [0.3, 0.4) is 0 Å². The van der Waals surface area contributed by atoms with E-state index in [1.165, 1.54) is 19.3 Å². The lowest BCUT2D eigenvalue weighted by molar-refractivity contribution is -0.00817. The summed E-state index contributed by atoms with van der Waals surface area (Å²) in [5.74, 6) is 2.25. The monoisotopic (exact) mass is 184 g/mol. The molecule has 2 rings (SSSR count). The van der Waals surface area contributed by atoms with Crippen LogP contribution >= 0.6 is 0 Å². The Bertz CT molecular complexity index is 169. The van der Waals surface area contributed by atoms with E-state index in [-0.39, 0.29) is 12.2 Å². The van der Waals surface area contributed by atoms with Gasteiger partial charge in [0.05, 0.1) is 18.8 Å². The predicted molar refractivity (Wildman–Crippen MR) is 51.4 cm³/mol. The molecule has 1 N–H and O–H groups in total. The van der Waals surface area contributed by atoms with Crippen LogP contribution in [-0.2, 0) is 4.74 Å². The van der Waals surface area contributed by atoms with Crippen LogP contribution in [0.5, 0.6) is 0 Å². The maximum atomic E-state index is 9.82. The molecule has 2 heteroatoms. The summed E-state index contributed by atoms with van der Waals surface area (Å²) in [5, 5.41) is 9.82. The molecule has 2 nitrogen and oxygen atoms in total. The zero-order valence-electron chi connectivity index (χ0n) is 8.57. The van der Waals surface area contributed by atoms with E-state index < -0.39 is 0 Å². The van der Waals surface area contributed by atoms with E-state index in [0.717, 1.165) is 11.8 Å². The minimum Gasteiger partial charge on any atom is -0.390 e. The van der Waals surface area contributed by atoms with E-state index in [0.29, 0.717) is 12.5 Å². The quantitative estimate of drug-likeness (QED) is 0.722. The first-order valence-corrected chi connectivity index (χ1v) is 5.50. The molecule has 0 aromatic heterocycles. The molecular weight excluding hydrogens is 164 g/mol. The molecule has 3 atom stereocenters. The summed E-state index contributed by atoms with van der Waals surface area (Å²) in [6.45, 7) is 4.57. The second kappa shape index (κ2) is 3.58. The highest BCUT2D eigenvalue weighted by molar-refractivity contribution is 5.04. The number of aliphatic hydroxyl groups excluding tert-OH is 1. The van der Waals surface area contributed by atoms with Crippen molar-refractivity contribution in [3.63, 3.8) is 0 Å². The van der Waals surface area contributed by atoms with Gasteiger partial charge in [-0.05, 0) is 44.4 Å². The molecule has 2 fully saturated rings. The molecule has 0 heterocycles. The van der Waals surface area contributed by atoms with Crippen molar-refractivity contribution < 1.29 is 9.84 Å². The van der Waals surface area contributed by atoms with E-state index in [1.54, 1.807) is 0 Å². The van der Waals surface area contributed by atoms with E-state index in [4.69, 9.17) is 4.74 Å². The fraction of sp³-hybridized carbons (Fsp3) is 1.00. The molecule has 3 unspecified atom stereocenters. The fourth-order valence-corrected chi connectivity index (χ4v) is 2.85. The van der Waals surface area contributed by atoms with Crippen molar-refractivity contribution in [2.45, 2.75) is 45.3 Å². The number of rotatable bonds is 4. The molecule has 0 radical (unpaired) electrons. The van der Waals surface area contributed by atoms with Crippen LogP contribution in [0.1, 0.15) is 33.1 Å². The van der Waals surface area contributed by atoms with Gasteiger partial charge in [0, 0.05) is 0 Å². The molecular formula is C11H20O2. The van der Waals surface area contributed by atoms with Crippen molar-refractivity contribution in [2.24, 2.45) is 17.8 Å². The minimum absolute atomic E-state index is 0.197. The Morgan fingerprint density at radius 2 is 1.92 bits per heavy atom. The van der Waals surface area contributed by atoms with Crippen LogP contribution in [0.25, 0.3) is 0 Å². The number of aliphatic hydroxyl groups is 1. The van der Waals surface area contributed by atoms with Gasteiger partial charge in [0.15, 0.2) is 0 Å². The van der Waals surface area contributed by atoms with E-state index in [1.807, 2.05) is 13.8 Å². The second-order valence-electron chi connectivity index (χ2n) is 4.79. The van der Waals surface area contributed by atoms with Gasteiger partial charge in [-0.25, -0.2) is 0 Å². The Balaban J connectivity index is 1.70. The Labute approximate surface area is 80.3 Å². The third kappa shape index (κ3) is 1.89. The number of hydrogen-bond acceptors (Lipinski definition) is 2. The molecule has 2 aliphatic carbocycles. The van der Waals surface area contributed by atoms with Crippen LogP contribution in [0.2, 0.25) is 0 Å². The lowest BCUT2D eigenvalue weighted by Gasteiger charge is -2.14. The van der Waals surface area contributed by atoms with Gasteiger partial charge in [-0.3, -0.25) is 0 Å². The van der Waals surface area contributed by atoms with Gasteiger partial charge in [0.2, 0.25) is 0 Å². The molecule has 76 valence electrons. The van der Waals surface area contributed by atoms with E-state index in [9.17, 15) is 5.11 Å². The third-order valence-corrected chi connectivity index (χ3v) is 3.52. The van der Waals surface area contributed by atoms with Crippen LogP contribution in [-0.4, -0.2) is 23.9 Å². The molecule has 13 heavy (non-hydrogen) atoms. The van der Waals surface area contributed by atoms with Gasteiger partial charge in [-0.1, -0.05) is 6.42 Å². The van der Waals surface area contributed by atoms with Crippen LogP contribution in [0, 0.1) is 17.8 Å². The van der Waals surface area contributed by atoms with E-state index in [2.05, 4.69) is 0 Å². The first kappa shape index (κ1) is 9.47. The summed E-state index contributed by atoms with van der Waals surface area (Å²) in [6.07, 6.45) is 4.11. The van der Waals surface area contributed by atoms with Gasteiger partial charge < -0.3 is 9.84 Å².